The van der Waals surface area contributed by atoms with Crippen LogP contribution in [0, 0.1) is 23.0 Å². The van der Waals surface area contributed by atoms with Crippen LogP contribution in [0.2, 0.25) is 5.02 Å². The fraction of sp³-hybridized carbons (Fsp3) is 0.250. The van der Waals surface area contributed by atoms with E-state index in [0.717, 1.165) is 4.90 Å². The number of nitrogens with one attached hydrogen (secondary N) is 1. The summed E-state index contributed by atoms with van der Waals surface area (Å²) in [6.45, 7) is -0.0747. The van der Waals surface area contributed by atoms with Crippen LogP contribution in [0.4, 0.5) is 27.6 Å². The van der Waals surface area contributed by atoms with Crippen molar-refractivity contribution in [1.29, 1.82) is 5.26 Å². The van der Waals surface area contributed by atoms with Crippen molar-refractivity contribution in [3.05, 3.63) is 94.1 Å². The van der Waals surface area contributed by atoms with E-state index in [2.05, 4.69) is 10.3 Å². The van der Waals surface area contributed by atoms with E-state index in [-0.39, 0.29) is 25.1 Å². The average Bonchev–Trinajstić information content (AvgIpc) is 3.00. The topological polar surface area (TPSA) is 106 Å². The third-order valence-corrected chi connectivity index (χ3v) is 8.05. The molecule has 45 heavy (non-hydrogen) atoms. The van der Waals surface area contributed by atoms with Crippen molar-refractivity contribution in [3.8, 4) is 17.2 Å². The number of hydrogen-bond acceptors (Lipinski definition) is 5. The molecule has 1 aliphatic heterocycles. The molecular formula is C32H24ClF5N4O3. The van der Waals surface area contributed by atoms with Crippen LogP contribution >= 0.6 is 11.6 Å². The van der Waals surface area contributed by atoms with Gasteiger partial charge in [0.15, 0.2) is 0 Å². The highest BCUT2D eigenvalue weighted by molar-refractivity contribution is 6.33. The number of nitrogens with zero attached hydrogens (tertiary/aromatic N) is 3. The number of piperidine rings is 1. The van der Waals surface area contributed by atoms with Gasteiger partial charge in [-0.1, -0.05) is 35.9 Å². The first-order valence-electron chi connectivity index (χ1n) is 13.8. The molecule has 4 aromatic rings. The third kappa shape index (κ3) is 6.54. The molecule has 1 amide bonds. The standard InChI is InChI=1S/C32H24ClF5N4O3/c33-23-12-17(16-39)6-8-21(23)22-9-7-18(20-4-3-10-40-29(20)22)13-26(31(44)45)41-30(43)28-24(34)14-19(15-25(28)35)42-11-2-1-5-27(42)32(36,37)38/h3-4,6-10,12,14-15,26-27H,1-2,5,11,13H2,(H,41,43)(H,44,45)/t26?,27-/m1/s1. The second-order valence-electron chi connectivity index (χ2n) is 10.6. The van der Waals surface area contributed by atoms with Gasteiger partial charge in [-0.3, -0.25) is 9.78 Å². The zero-order valence-electron chi connectivity index (χ0n) is 23.3. The van der Waals surface area contributed by atoms with Gasteiger partial charge in [-0.2, -0.15) is 18.4 Å². The molecule has 1 fully saturated rings. The van der Waals surface area contributed by atoms with Crippen molar-refractivity contribution in [1.82, 2.24) is 10.3 Å². The highest BCUT2D eigenvalue weighted by Gasteiger charge is 2.45. The van der Waals surface area contributed by atoms with E-state index in [1.165, 1.54) is 12.3 Å². The van der Waals surface area contributed by atoms with Crippen LogP contribution in [0.25, 0.3) is 22.0 Å². The summed E-state index contributed by atoms with van der Waals surface area (Å²) in [6, 6.07) is 11.1. The van der Waals surface area contributed by atoms with Gasteiger partial charge in [0.05, 0.1) is 17.1 Å². The summed E-state index contributed by atoms with van der Waals surface area (Å²) in [5.41, 5.74) is 0.971. The monoisotopic (exact) mass is 642 g/mol. The minimum absolute atomic E-state index is 0.0747. The molecule has 2 atom stereocenters. The van der Waals surface area contributed by atoms with E-state index in [1.54, 1.807) is 36.4 Å². The third-order valence-electron chi connectivity index (χ3n) is 7.74. The SMILES string of the molecule is N#Cc1ccc(-c2ccc(CC(NC(=O)c3c(F)cc(N4CCCC[C@@H]4C(F)(F)F)cc3F)C(=O)O)c3cccnc23)c(Cl)c1. The Morgan fingerprint density at radius 1 is 1.09 bits per heavy atom. The van der Waals surface area contributed by atoms with Gasteiger partial charge >= 0.3 is 12.1 Å². The summed E-state index contributed by atoms with van der Waals surface area (Å²) in [5.74, 6) is -5.70. The number of fused-ring (bicyclic) bond motifs is 1. The number of anilines is 1. The second kappa shape index (κ2) is 12.7. The predicted octanol–water partition coefficient (Wildman–Crippen LogP) is 7.05. The summed E-state index contributed by atoms with van der Waals surface area (Å²) < 4.78 is 70.9. The first-order valence-corrected chi connectivity index (χ1v) is 14.2. The average molecular weight is 643 g/mol. The van der Waals surface area contributed by atoms with Crippen LogP contribution < -0.4 is 10.2 Å². The van der Waals surface area contributed by atoms with E-state index in [0.29, 0.717) is 63.2 Å². The Hall–Kier alpha value is -4.76. The number of alkyl halides is 3. The molecule has 5 rings (SSSR count). The van der Waals surface area contributed by atoms with Gasteiger partial charge in [0, 0.05) is 46.4 Å². The van der Waals surface area contributed by atoms with Crippen molar-refractivity contribution in [3.63, 3.8) is 0 Å². The van der Waals surface area contributed by atoms with E-state index < -0.39 is 47.3 Å². The van der Waals surface area contributed by atoms with E-state index in [1.807, 2.05) is 6.07 Å². The van der Waals surface area contributed by atoms with Crippen molar-refractivity contribution < 1.29 is 36.6 Å². The maximum absolute atomic E-state index is 15.1. The molecule has 0 spiro atoms. The van der Waals surface area contributed by atoms with Gasteiger partial charge in [-0.15, -0.1) is 0 Å². The quantitative estimate of drug-likeness (QED) is 0.209. The Kier molecular flexibility index (Phi) is 8.93. The molecule has 0 saturated carbocycles. The number of carboxylic acids is 1. The first kappa shape index (κ1) is 31.7. The number of benzene rings is 3. The molecule has 0 bridgehead atoms. The predicted molar refractivity (Wildman–Crippen MR) is 157 cm³/mol. The number of hydrogen-bond donors (Lipinski definition) is 2. The molecule has 1 unspecified atom stereocenters. The molecule has 7 nitrogen and oxygen atoms in total. The number of pyridine rings is 1. The van der Waals surface area contributed by atoms with Gasteiger partial charge in [-0.05, 0) is 55.2 Å². The van der Waals surface area contributed by atoms with Gasteiger partial charge in [-0.25, -0.2) is 13.6 Å². The van der Waals surface area contributed by atoms with E-state index >= 15 is 8.78 Å². The van der Waals surface area contributed by atoms with Crippen LogP contribution in [0.15, 0.2) is 60.8 Å². The summed E-state index contributed by atoms with van der Waals surface area (Å²) in [7, 11) is 0. The number of carboxylic acid groups (broad SMARTS) is 1. The Morgan fingerprint density at radius 3 is 2.44 bits per heavy atom. The molecule has 13 heteroatoms. The number of carbonyl (C=O) groups excluding carboxylic acids is 1. The lowest BCUT2D eigenvalue weighted by Crippen LogP contribution is -2.49. The summed E-state index contributed by atoms with van der Waals surface area (Å²) in [5, 5.41) is 22.0. The van der Waals surface area contributed by atoms with Crippen molar-refractivity contribution in [2.24, 2.45) is 0 Å². The van der Waals surface area contributed by atoms with Crippen molar-refractivity contribution in [2.45, 2.75) is 43.9 Å². The molecule has 1 aliphatic rings. The van der Waals surface area contributed by atoms with Gasteiger partial charge < -0.3 is 15.3 Å². The summed E-state index contributed by atoms with van der Waals surface area (Å²) in [4.78, 5) is 30.5. The molecule has 0 radical (unpaired) electrons. The number of aromatic nitrogens is 1. The highest BCUT2D eigenvalue weighted by Crippen LogP contribution is 2.37. The molecule has 2 N–H and O–H groups in total. The lowest BCUT2D eigenvalue weighted by molar-refractivity contribution is -0.152. The maximum atomic E-state index is 15.1. The Labute approximate surface area is 258 Å². The molecule has 1 aromatic heterocycles. The molecule has 3 aromatic carbocycles. The highest BCUT2D eigenvalue weighted by atomic mass is 35.5. The van der Waals surface area contributed by atoms with Crippen LogP contribution in [-0.4, -0.2) is 46.8 Å². The van der Waals surface area contributed by atoms with Gasteiger partial charge in [0.25, 0.3) is 5.91 Å². The molecular weight excluding hydrogens is 619 g/mol. The lowest BCUT2D eigenvalue weighted by Gasteiger charge is -2.38. The van der Waals surface area contributed by atoms with Crippen LogP contribution in [0.3, 0.4) is 0 Å². The van der Waals surface area contributed by atoms with Crippen LogP contribution in [0.5, 0.6) is 0 Å². The number of amides is 1. The fourth-order valence-electron chi connectivity index (χ4n) is 5.60. The minimum Gasteiger partial charge on any atom is -0.480 e. The van der Waals surface area contributed by atoms with E-state index in [4.69, 9.17) is 16.9 Å². The summed E-state index contributed by atoms with van der Waals surface area (Å²) >= 11 is 6.41. The smallest absolute Gasteiger partial charge is 0.408 e. The number of rotatable bonds is 7. The molecule has 1 saturated heterocycles. The molecule has 0 aliphatic carbocycles. The van der Waals surface area contributed by atoms with Crippen LogP contribution in [0.1, 0.15) is 40.7 Å². The van der Waals surface area contributed by atoms with Crippen LogP contribution in [-0.2, 0) is 11.2 Å². The first-order chi connectivity index (χ1) is 21.4. The summed E-state index contributed by atoms with van der Waals surface area (Å²) in [6.07, 6.45) is -2.93. The lowest BCUT2D eigenvalue weighted by atomic mass is 9.94. The maximum Gasteiger partial charge on any atom is 0.408 e. The number of halogens is 6. The van der Waals surface area contributed by atoms with Crippen molar-refractivity contribution in [2.75, 3.05) is 11.4 Å². The zero-order chi connectivity index (χ0) is 32.5. The van der Waals surface area contributed by atoms with Gasteiger partial charge in [0.2, 0.25) is 0 Å². The number of carbonyl (C=O) groups is 2. The normalized spacial score (nSPS) is 15.8. The zero-order valence-corrected chi connectivity index (χ0v) is 24.1. The second-order valence-corrected chi connectivity index (χ2v) is 11.0. The Balaban J connectivity index is 1.42. The number of aliphatic carboxylic acids is 1. The Morgan fingerprint density at radius 2 is 1.80 bits per heavy atom. The Bertz CT molecular complexity index is 1820. The van der Waals surface area contributed by atoms with Gasteiger partial charge in [0.1, 0.15) is 29.3 Å². The molecule has 2 heterocycles. The molecule has 232 valence electrons. The van der Waals surface area contributed by atoms with Crippen molar-refractivity contribution >= 4 is 40.1 Å². The van der Waals surface area contributed by atoms with E-state index in [9.17, 15) is 27.9 Å². The minimum atomic E-state index is -4.62. The largest absolute Gasteiger partial charge is 0.480 e. The number of nitriles is 1. The fourth-order valence-corrected chi connectivity index (χ4v) is 5.89.